The monoisotopic (exact) mass is 310 g/mol. The molecule has 3 aromatic rings. The molecule has 2 heterocycles. The van der Waals surface area contributed by atoms with E-state index in [1.54, 1.807) is 18.3 Å². The Bertz CT molecular complexity index is 868. The summed E-state index contributed by atoms with van der Waals surface area (Å²) in [6.07, 6.45) is 2.54. The number of aromatic nitrogens is 1. The lowest BCUT2D eigenvalue weighted by molar-refractivity contribution is 0.0997. The van der Waals surface area contributed by atoms with Crippen molar-refractivity contribution in [3.63, 3.8) is 0 Å². The van der Waals surface area contributed by atoms with Gasteiger partial charge >= 0.3 is 0 Å². The molecular formula is C18H18N2O3. The number of carbonyl (C=O) groups is 1. The van der Waals surface area contributed by atoms with Crippen LogP contribution in [0.15, 0.2) is 40.9 Å². The van der Waals surface area contributed by atoms with E-state index in [4.69, 9.17) is 9.15 Å². The van der Waals surface area contributed by atoms with E-state index in [0.29, 0.717) is 22.9 Å². The Morgan fingerprint density at radius 2 is 2.17 bits per heavy atom. The summed E-state index contributed by atoms with van der Waals surface area (Å²) in [4.78, 5) is 16.6. The molecule has 0 saturated heterocycles. The number of furan rings is 1. The van der Waals surface area contributed by atoms with Crippen molar-refractivity contribution in [3.8, 4) is 5.88 Å². The number of hydrogen-bond acceptors (Lipinski definition) is 4. The van der Waals surface area contributed by atoms with Crippen molar-refractivity contribution in [1.29, 1.82) is 0 Å². The second-order valence-electron chi connectivity index (χ2n) is 5.25. The highest BCUT2D eigenvalue weighted by molar-refractivity contribution is 6.07. The zero-order valence-corrected chi connectivity index (χ0v) is 13.3. The third kappa shape index (κ3) is 2.77. The van der Waals surface area contributed by atoms with E-state index < -0.39 is 0 Å². The largest absolute Gasteiger partial charge is 0.480 e. The van der Waals surface area contributed by atoms with Crippen molar-refractivity contribution < 1.29 is 13.9 Å². The van der Waals surface area contributed by atoms with Crippen LogP contribution in [0.25, 0.3) is 11.0 Å². The highest BCUT2D eigenvalue weighted by Crippen LogP contribution is 2.28. The fraction of sp³-hybridized carbons (Fsp3) is 0.222. The van der Waals surface area contributed by atoms with Gasteiger partial charge in [-0.05, 0) is 43.2 Å². The fourth-order valence-electron chi connectivity index (χ4n) is 2.53. The van der Waals surface area contributed by atoms with E-state index in [2.05, 4.69) is 23.3 Å². The molecule has 0 spiro atoms. The minimum absolute atomic E-state index is 0.305. The summed E-state index contributed by atoms with van der Waals surface area (Å²) in [6, 6.07) is 9.45. The Morgan fingerprint density at radius 1 is 1.35 bits per heavy atom. The molecule has 1 amide bonds. The topological polar surface area (TPSA) is 64.4 Å². The zero-order valence-electron chi connectivity index (χ0n) is 13.3. The van der Waals surface area contributed by atoms with Crippen LogP contribution in [0.5, 0.6) is 5.88 Å². The molecule has 5 nitrogen and oxygen atoms in total. The predicted molar refractivity (Wildman–Crippen MR) is 89.1 cm³/mol. The van der Waals surface area contributed by atoms with Gasteiger partial charge in [0.05, 0.1) is 7.11 Å². The lowest BCUT2D eigenvalue weighted by atomic mass is 10.1. The highest BCUT2D eigenvalue weighted by Gasteiger charge is 2.19. The van der Waals surface area contributed by atoms with Crippen LogP contribution in [0.2, 0.25) is 0 Å². The van der Waals surface area contributed by atoms with E-state index in [1.807, 2.05) is 19.1 Å². The van der Waals surface area contributed by atoms with Crippen LogP contribution in [0.3, 0.4) is 0 Å². The SMILES string of the molecule is CCc1ccc2oc(C(=O)Nc3cccnc3OC)c(C)c2c1. The van der Waals surface area contributed by atoms with Crippen LogP contribution < -0.4 is 10.1 Å². The second kappa shape index (κ2) is 6.12. The van der Waals surface area contributed by atoms with Gasteiger partial charge in [-0.2, -0.15) is 0 Å². The number of carbonyl (C=O) groups excluding carboxylic acids is 1. The number of nitrogens with zero attached hydrogens (tertiary/aromatic N) is 1. The smallest absolute Gasteiger partial charge is 0.291 e. The van der Waals surface area contributed by atoms with E-state index >= 15 is 0 Å². The average Bonchev–Trinajstić information content (AvgIpc) is 2.91. The number of aryl methyl sites for hydroxylation is 2. The van der Waals surface area contributed by atoms with Gasteiger partial charge in [0.25, 0.3) is 5.91 Å². The van der Waals surface area contributed by atoms with Crippen molar-refractivity contribution in [1.82, 2.24) is 4.98 Å². The van der Waals surface area contributed by atoms with Crippen molar-refractivity contribution in [3.05, 3.63) is 53.4 Å². The molecule has 1 N–H and O–H groups in total. The number of rotatable bonds is 4. The van der Waals surface area contributed by atoms with Gasteiger partial charge in [-0.1, -0.05) is 13.0 Å². The number of amides is 1. The molecule has 0 aliphatic heterocycles. The summed E-state index contributed by atoms with van der Waals surface area (Å²) in [5.41, 5.74) is 3.26. The maximum Gasteiger partial charge on any atom is 0.291 e. The lowest BCUT2D eigenvalue weighted by Crippen LogP contribution is -2.13. The Morgan fingerprint density at radius 3 is 2.91 bits per heavy atom. The van der Waals surface area contributed by atoms with E-state index in [0.717, 1.165) is 17.4 Å². The number of methoxy groups -OCH3 is 1. The number of pyridine rings is 1. The number of anilines is 1. The fourth-order valence-corrected chi connectivity index (χ4v) is 2.53. The molecule has 0 fully saturated rings. The minimum atomic E-state index is -0.317. The molecule has 118 valence electrons. The molecular weight excluding hydrogens is 292 g/mol. The molecule has 0 aliphatic carbocycles. The van der Waals surface area contributed by atoms with Crippen molar-refractivity contribution in [2.24, 2.45) is 0 Å². The summed E-state index contributed by atoms with van der Waals surface area (Å²) in [5.74, 6) is 0.352. The first-order valence-corrected chi connectivity index (χ1v) is 7.46. The van der Waals surface area contributed by atoms with E-state index in [9.17, 15) is 4.79 Å². The third-order valence-corrected chi connectivity index (χ3v) is 3.83. The predicted octanol–water partition coefficient (Wildman–Crippen LogP) is 3.96. The first-order chi connectivity index (χ1) is 11.1. The standard InChI is InChI=1S/C18H18N2O3/c1-4-12-7-8-15-13(10-12)11(2)16(23-15)17(21)20-14-6-5-9-19-18(14)22-3/h5-10H,4H2,1-3H3,(H,20,21). The van der Waals surface area contributed by atoms with E-state index in [1.165, 1.54) is 12.7 Å². The first kappa shape index (κ1) is 15.1. The molecule has 2 aromatic heterocycles. The maximum atomic E-state index is 12.5. The molecule has 23 heavy (non-hydrogen) atoms. The number of benzene rings is 1. The average molecular weight is 310 g/mol. The Balaban J connectivity index is 1.96. The summed E-state index contributed by atoms with van der Waals surface area (Å²) < 4.78 is 10.9. The molecule has 0 atom stereocenters. The van der Waals surface area contributed by atoms with Crippen LogP contribution in [0.4, 0.5) is 5.69 Å². The molecule has 0 aliphatic rings. The van der Waals surface area contributed by atoms with Crippen molar-refractivity contribution in [2.45, 2.75) is 20.3 Å². The van der Waals surface area contributed by atoms with Crippen LogP contribution in [-0.2, 0) is 6.42 Å². The first-order valence-electron chi connectivity index (χ1n) is 7.46. The van der Waals surface area contributed by atoms with Gasteiger partial charge < -0.3 is 14.5 Å². The number of fused-ring (bicyclic) bond motifs is 1. The van der Waals surface area contributed by atoms with Gasteiger partial charge in [0.2, 0.25) is 5.88 Å². The molecule has 0 unspecified atom stereocenters. The summed E-state index contributed by atoms with van der Waals surface area (Å²) in [6.45, 7) is 3.99. The van der Waals surface area contributed by atoms with Crippen molar-refractivity contribution >= 4 is 22.6 Å². The van der Waals surface area contributed by atoms with Gasteiger partial charge in [-0.3, -0.25) is 4.79 Å². The Kier molecular flexibility index (Phi) is 4.02. The lowest BCUT2D eigenvalue weighted by Gasteiger charge is -2.07. The molecule has 0 radical (unpaired) electrons. The quantitative estimate of drug-likeness (QED) is 0.792. The summed E-state index contributed by atoms with van der Waals surface area (Å²) in [5, 5.41) is 3.75. The van der Waals surface area contributed by atoms with Crippen LogP contribution >= 0.6 is 0 Å². The third-order valence-electron chi connectivity index (χ3n) is 3.83. The van der Waals surface area contributed by atoms with E-state index in [-0.39, 0.29) is 5.91 Å². The molecule has 0 saturated carbocycles. The zero-order chi connectivity index (χ0) is 16.4. The van der Waals surface area contributed by atoms with Crippen LogP contribution in [0, 0.1) is 6.92 Å². The number of nitrogens with one attached hydrogen (secondary N) is 1. The van der Waals surface area contributed by atoms with Crippen LogP contribution in [-0.4, -0.2) is 18.0 Å². The molecule has 3 rings (SSSR count). The Labute approximate surface area is 134 Å². The summed E-state index contributed by atoms with van der Waals surface area (Å²) in [7, 11) is 1.51. The maximum absolute atomic E-state index is 12.5. The normalized spacial score (nSPS) is 10.7. The molecule has 5 heteroatoms. The Hall–Kier alpha value is -2.82. The molecule has 0 bridgehead atoms. The minimum Gasteiger partial charge on any atom is -0.480 e. The summed E-state index contributed by atoms with van der Waals surface area (Å²) >= 11 is 0. The van der Waals surface area contributed by atoms with Gasteiger partial charge in [0.15, 0.2) is 5.76 Å². The van der Waals surface area contributed by atoms with Crippen LogP contribution in [0.1, 0.15) is 28.6 Å². The second-order valence-corrected chi connectivity index (χ2v) is 5.25. The van der Waals surface area contributed by atoms with Gasteiger partial charge in [-0.15, -0.1) is 0 Å². The highest BCUT2D eigenvalue weighted by atomic mass is 16.5. The van der Waals surface area contributed by atoms with Gasteiger partial charge in [-0.25, -0.2) is 4.98 Å². The van der Waals surface area contributed by atoms with Gasteiger partial charge in [0, 0.05) is 17.1 Å². The number of hydrogen-bond donors (Lipinski definition) is 1. The van der Waals surface area contributed by atoms with Crippen molar-refractivity contribution in [2.75, 3.05) is 12.4 Å². The van der Waals surface area contributed by atoms with Gasteiger partial charge in [0.1, 0.15) is 11.3 Å². The molecule has 1 aromatic carbocycles. The number of ether oxygens (including phenoxy) is 1.